The Labute approximate surface area is 180 Å². The van der Waals surface area contributed by atoms with E-state index in [2.05, 4.69) is 37.2 Å². The van der Waals surface area contributed by atoms with Gasteiger partial charge >= 0.3 is 11.9 Å². The van der Waals surface area contributed by atoms with Gasteiger partial charge in [-0.1, -0.05) is 28.1 Å². The van der Waals surface area contributed by atoms with Gasteiger partial charge in [0.15, 0.2) is 0 Å². The topological polar surface area (TPSA) is 174 Å². The van der Waals surface area contributed by atoms with E-state index < -0.39 is 36.3 Å². The number of amides is 4. The number of rotatable bonds is 11. The molecule has 0 heterocycles. The standard InChI is InChI=1S/C18H23BrN4O7/c19-9-15(26)20-8-6-14(25)23-13(10-24)16(27)21-7-5-11-1-3-12(4-2-11)22-17(28)18(29)30/h1-4,13,24H,5-10H2,(H,20,26)(H,21,27)(H,22,28)(H,23,25)(H,29,30)/t13-/m0/s1. The number of nitrogens with one attached hydrogen (secondary N) is 4. The van der Waals surface area contributed by atoms with Crippen molar-refractivity contribution in [2.75, 3.05) is 30.3 Å². The summed E-state index contributed by atoms with van der Waals surface area (Å²) < 4.78 is 0. The van der Waals surface area contributed by atoms with E-state index in [4.69, 9.17) is 5.11 Å². The Hall–Kier alpha value is -2.99. The maximum absolute atomic E-state index is 12.1. The molecule has 164 valence electrons. The van der Waals surface area contributed by atoms with E-state index in [1.165, 1.54) is 12.1 Å². The zero-order valence-electron chi connectivity index (χ0n) is 15.9. The van der Waals surface area contributed by atoms with Gasteiger partial charge in [0, 0.05) is 25.2 Å². The fourth-order valence-corrected chi connectivity index (χ4v) is 2.41. The fraction of sp³-hybridized carbons (Fsp3) is 0.389. The molecule has 30 heavy (non-hydrogen) atoms. The predicted molar refractivity (Wildman–Crippen MR) is 110 cm³/mol. The summed E-state index contributed by atoms with van der Waals surface area (Å²) in [6.45, 7) is -0.240. The molecule has 0 aliphatic heterocycles. The number of carbonyl (C=O) groups excluding carboxylic acids is 4. The van der Waals surface area contributed by atoms with E-state index in [0.29, 0.717) is 12.1 Å². The van der Waals surface area contributed by atoms with Gasteiger partial charge in [-0.3, -0.25) is 19.2 Å². The molecule has 0 fully saturated rings. The van der Waals surface area contributed by atoms with Crippen LogP contribution in [0.2, 0.25) is 0 Å². The van der Waals surface area contributed by atoms with Crippen molar-refractivity contribution in [1.29, 1.82) is 0 Å². The summed E-state index contributed by atoms with van der Waals surface area (Å²) in [4.78, 5) is 56.6. The van der Waals surface area contributed by atoms with E-state index in [9.17, 15) is 29.1 Å². The van der Waals surface area contributed by atoms with Gasteiger partial charge in [0.1, 0.15) is 6.04 Å². The molecule has 0 aliphatic rings. The summed E-state index contributed by atoms with van der Waals surface area (Å²) >= 11 is 2.97. The molecule has 0 aromatic heterocycles. The molecule has 1 rings (SSSR count). The van der Waals surface area contributed by atoms with E-state index in [-0.39, 0.29) is 30.7 Å². The molecule has 1 aromatic rings. The largest absolute Gasteiger partial charge is 0.474 e. The molecule has 0 saturated carbocycles. The van der Waals surface area contributed by atoms with Crippen molar-refractivity contribution < 1.29 is 34.2 Å². The molecule has 4 amide bonds. The van der Waals surface area contributed by atoms with E-state index in [0.717, 1.165) is 5.56 Å². The van der Waals surface area contributed by atoms with Crippen LogP contribution in [0.25, 0.3) is 0 Å². The number of carbonyl (C=O) groups is 5. The number of alkyl halides is 1. The zero-order valence-corrected chi connectivity index (χ0v) is 17.5. The van der Waals surface area contributed by atoms with Gasteiger partial charge in [0.2, 0.25) is 17.7 Å². The first kappa shape index (κ1) is 25.0. The Morgan fingerprint density at radius 3 is 2.20 bits per heavy atom. The summed E-state index contributed by atoms with van der Waals surface area (Å²) in [5.74, 6) is -4.04. The van der Waals surface area contributed by atoms with Crippen LogP contribution in [0, 0.1) is 0 Å². The fourth-order valence-electron chi connectivity index (χ4n) is 2.22. The smallest absolute Gasteiger partial charge is 0.394 e. The maximum atomic E-state index is 12.1. The first-order valence-electron chi connectivity index (χ1n) is 8.90. The van der Waals surface area contributed by atoms with Crippen molar-refractivity contribution in [3.63, 3.8) is 0 Å². The van der Waals surface area contributed by atoms with Crippen molar-refractivity contribution in [2.24, 2.45) is 0 Å². The van der Waals surface area contributed by atoms with E-state index in [1.54, 1.807) is 12.1 Å². The average molecular weight is 487 g/mol. The highest BCUT2D eigenvalue weighted by Crippen LogP contribution is 2.09. The minimum atomic E-state index is -1.59. The molecule has 0 saturated heterocycles. The van der Waals surface area contributed by atoms with Crippen LogP contribution in [0.1, 0.15) is 12.0 Å². The number of aliphatic carboxylic acids is 1. The maximum Gasteiger partial charge on any atom is 0.394 e. The van der Waals surface area contributed by atoms with Crippen LogP contribution >= 0.6 is 15.9 Å². The third-order valence-corrected chi connectivity index (χ3v) is 4.26. The lowest BCUT2D eigenvalue weighted by molar-refractivity contribution is -0.147. The second-order valence-electron chi connectivity index (χ2n) is 6.03. The highest BCUT2D eigenvalue weighted by Gasteiger charge is 2.19. The van der Waals surface area contributed by atoms with Crippen molar-refractivity contribution in [3.8, 4) is 0 Å². The van der Waals surface area contributed by atoms with Gasteiger partial charge in [-0.05, 0) is 24.1 Å². The molecular formula is C18H23BrN4O7. The number of aliphatic hydroxyl groups excluding tert-OH is 1. The molecule has 1 aromatic carbocycles. The van der Waals surface area contributed by atoms with Crippen LogP contribution in [0.5, 0.6) is 0 Å². The summed E-state index contributed by atoms with van der Waals surface area (Å²) in [6.07, 6.45) is 0.400. The number of halogens is 1. The van der Waals surface area contributed by atoms with Gasteiger partial charge in [0.25, 0.3) is 0 Å². The zero-order chi connectivity index (χ0) is 22.5. The summed E-state index contributed by atoms with van der Waals surface area (Å²) in [5, 5.41) is 27.7. The lowest BCUT2D eigenvalue weighted by Gasteiger charge is -2.16. The van der Waals surface area contributed by atoms with Gasteiger partial charge in [0.05, 0.1) is 11.9 Å². The molecule has 0 bridgehead atoms. The van der Waals surface area contributed by atoms with E-state index >= 15 is 0 Å². The Morgan fingerprint density at radius 2 is 1.63 bits per heavy atom. The van der Waals surface area contributed by atoms with Crippen molar-refractivity contribution in [1.82, 2.24) is 16.0 Å². The van der Waals surface area contributed by atoms with Crippen LogP contribution in [0.15, 0.2) is 24.3 Å². The van der Waals surface area contributed by atoms with Crippen molar-refractivity contribution in [2.45, 2.75) is 18.9 Å². The Bertz CT molecular complexity index is 770. The molecular weight excluding hydrogens is 464 g/mol. The van der Waals surface area contributed by atoms with Gasteiger partial charge in [-0.2, -0.15) is 0 Å². The molecule has 6 N–H and O–H groups in total. The number of carboxylic acids is 1. The lowest BCUT2D eigenvalue weighted by Crippen LogP contribution is -2.49. The normalized spacial score (nSPS) is 11.1. The molecule has 0 spiro atoms. The number of benzene rings is 1. The van der Waals surface area contributed by atoms with Crippen LogP contribution in [0.4, 0.5) is 5.69 Å². The molecule has 11 nitrogen and oxygen atoms in total. The van der Waals surface area contributed by atoms with Crippen LogP contribution in [-0.4, -0.2) is 70.9 Å². The van der Waals surface area contributed by atoms with E-state index in [1.807, 2.05) is 0 Å². The Kier molecular flexibility index (Phi) is 11.1. The molecule has 0 unspecified atom stereocenters. The van der Waals surface area contributed by atoms with Crippen molar-refractivity contribution in [3.05, 3.63) is 29.8 Å². The van der Waals surface area contributed by atoms with Gasteiger partial charge in [-0.15, -0.1) is 0 Å². The first-order valence-corrected chi connectivity index (χ1v) is 10.0. The van der Waals surface area contributed by atoms with Gasteiger partial charge < -0.3 is 31.5 Å². The third kappa shape index (κ3) is 9.47. The SMILES string of the molecule is O=C(CBr)NCCC(=O)N[C@@H](CO)C(=O)NCCc1ccc(NC(=O)C(=O)O)cc1. The van der Waals surface area contributed by atoms with Crippen LogP contribution < -0.4 is 21.3 Å². The second kappa shape index (κ2) is 13.3. The Morgan fingerprint density at radius 1 is 0.967 bits per heavy atom. The summed E-state index contributed by atoms with van der Waals surface area (Å²) in [6, 6.07) is 5.27. The Balaban J connectivity index is 2.39. The third-order valence-electron chi connectivity index (χ3n) is 3.75. The quantitative estimate of drug-likeness (QED) is 0.167. The number of anilines is 1. The minimum Gasteiger partial charge on any atom is -0.474 e. The lowest BCUT2D eigenvalue weighted by atomic mass is 10.1. The van der Waals surface area contributed by atoms with Crippen LogP contribution in [0.3, 0.4) is 0 Å². The number of aliphatic hydroxyl groups is 1. The summed E-state index contributed by atoms with van der Waals surface area (Å²) in [5.41, 5.74) is 1.14. The van der Waals surface area contributed by atoms with Gasteiger partial charge in [-0.25, -0.2) is 4.79 Å². The first-order chi connectivity index (χ1) is 14.3. The molecule has 0 radical (unpaired) electrons. The predicted octanol–water partition coefficient (Wildman–Crippen LogP) is -1.25. The number of hydrogen-bond donors (Lipinski definition) is 6. The van der Waals surface area contributed by atoms with Crippen molar-refractivity contribution >= 4 is 51.2 Å². The highest BCUT2D eigenvalue weighted by molar-refractivity contribution is 9.09. The second-order valence-corrected chi connectivity index (χ2v) is 6.59. The minimum absolute atomic E-state index is 0.0344. The molecule has 0 aliphatic carbocycles. The highest BCUT2D eigenvalue weighted by atomic mass is 79.9. The number of hydrogen-bond acceptors (Lipinski definition) is 6. The number of carboxylic acid groups (broad SMARTS) is 1. The van der Waals surface area contributed by atoms with Crippen LogP contribution in [-0.2, 0) is 30.4 Å². The molecule has 1 atom stereocenters. The average Bonchev–Trinajstić information content (AvgIpc) is 2.72. The molecule has 12 heteroatoms. The monoisotopic (exact) mass is 486 g/mol. The summed E-state index contributed by atoms with van der Waals surface area (Å²) in [7, 11) is 0.